The Kier molecular flexibility index (Phi) is 4.33. The highest BCUT2D eigenvalue weighted by molar-refractivity contribution is 5.95. The molecule has 1 aromatic carbocycles. The van der Waals surface area contributed by atoms with Gasteiger partial charge in [0.1, 0.15) is 5.65 Å². The number of benzene rings is 1. The van der Waals surface area contributed by atoms with Crippen molar-refractivity contribution in [3.63, 3.8) is 0 Å². The normalized spacial score (nSPS) is 14.1. The van der Waals surface area contributed by atoms with E-state index in [9.17, 15) is 4.79 Å². The number of nitrogens with two attached hydrogens (primary N) is 1. The van der Waals surface area contributed by atoms with E-state index in [4.69, 9.17) is 11.1 Å². The minimum absolute atomic E-state index is 0.577. The Balaban J connectivity index is 1.67. The summed E-state index contributed by atoms with van der Waals surface area (Å²) < 4.78 is 0. The summed E-state index contributed by atoms with van der Waals surface area (Å²) in [6.45, 7) is 1.35. The number of anilines is 3. The molecule has 0 unspecified atom stereocenters. The Bertz CT molecular complexity index is 1050. The van der Waals surface area contributed by atoms with Crippen LogP contribution in [0.5, 0.6) is 0 Å². The maximum absolute atomic E-state index is 10.9. The zero-order chi connectivity index (χ0) is 18.8. The fourth-order valence-corrected chi connectivity index (χ4v) is 3.27. The van der Waals surface area contributed by atoms with Gasteiger partial charge in [0.25, 0.3) is 0 Å². The molecule has 0 saturated carbocycles. The van der Waals surface area contributed by atoms with Gasteiger partial charge < -0.3 is 26.3 Å². The molecule has 1 amide bonds. The van der Waals surface area contributed by atoms with Gasteiger partial charge in [0.2, 0.25) is 6.41 Å². The molecule has 7 nitrogen and oxygen atoms in total. The molecule has 2 aromatic heterocycles. The first-order valence-corrected chi connectivity index (χ1v) is 8.71. The second-order valence-electron chi connectivity index (χ2n) is 6.50. The lowest BCUT2D eigenvalue weighted by Crippen LogP contribution is -2.26. The van der Waals surface area contributed by atoms with Crippen LogP contribution in [-0.4, -0.2) is 40.6 Å². The zero-order valence-electron chi connectivity index (χ0n) is 14.7. The van der Waals surface area contributed by atoms with E-state index < -0.39 is 0 Å². The fourth-order valence-electron chi connectivity index (χ4n) is 3.27. The Labute approximate surface area is 156 Å². The molecule has 3 aromatic rings. The second-order valence-corrected chi connectivity index (χ2v) is 6.50. The highest BCUT2D eigenvalue weighted by Gasteiger charge is 2.15. The minimum Gasteiger partial charge on any atom is -0.398 e. The summed E-state index contributed by atoms with van der Waals surface area (Å²) in [5.41, 5.74) is 11.9. The lowest BCUT2D eigenvalue weighted by molar-refractivity contribution is -0.117. The number of pyridine rings is 1. The Morgan fingerprint density at radius 3 is 2.93 bits per heavy atom. The maximum atomic E-state index is 10.9. The van der Waals surface area contributed by atoms with E-state index in [-0.39, 0.29) is 0 Å². The van der Waals surface area contributed by atoms with Crippen LogP contribution in [0.15, 0.2) is 42.6 Å². The number of amides is 1. The van der Waals surface area contributed by atoms with Gasteiger partial charge >= 0.3 is 0 Å². The van der Waals surface area contributed by atoms with Crippen LogP contribution in [-0.2, 0) is 4.79 Å². The van der Waals surface area contributed by atoms with E-state index in [2.05, 4.69) is 27.4 Å². The molecule has 1 aliphatic heterocycles. The van der Waals surface area contributed by atoms with Gasteiger partial charge in [-0.3, -0.25) is 4.79 Å². The average molecular weight is 360 g/mol. The summed E-state index contributed by atoms with van der Waals surface area (Å²) in [5.74, 6) is 0. The molecule has 0 radical (unpaired) electrons. The molecular weight excluding hydrogens is 340 g/mol. The Hall–Kier alpha value is -3.61. The average Bonchev–Trinajstić information content (AvgIpc) is 3.15. The van der Waals surface area contributed by atoms with Gasteiger partial charge in [-0.15, -0.1) is 0 Å². The number of carbonyl (C=O) groups excluding carboxylic acids is 1. The van der Waals surface area contributed by atoms with E-state index in [0.717, 1.165) is 47.5 Å². The van der Waals surface area contributed by atoms with Crippen LogP contribution in [0, 0.1) is 5.41 Å². The Morgan fingerprint density at radius 1 is 1.30 bits per heavy atom. The van der Waals surface area contributed by atoms with Gasteiger partial charge in [0, 0.05) is 53.5 Å². The number of carbonyl (C=O) groups is 1. The number of rotatable bonds is 5. The molecule has 0 saturated heterocycles. The highest BCUT2D eigenvalue weighted by atomic mass is 16.1. The lowest BCUT2D eigenvalue weighted by Gasteiger charge is -2.21. The van der Waals surface area contributed by atoms with Crippen LogP contribution in [0.4, 0.5) is 17.1 Å². The van der Waals surface area contributed by atoms with Crippen LogP contribution in [0.25, 0.3) is 16.6 Å². The molecule has 3 heterocycles. The van der Waals surface area contributed by atoms with Crippen LogP contribution in [0.3, 0.4) is 0 Å². The molecule has 0 bridgehead atoms. The number of nitrogens with one attached hydrogen (secondary N) is 3. The molecule has 136 valence electrons. The third-order valence-electron chi connectivity index (χ3n) is 4.79. The molecule has 7 heteroatoms. The number of hydrogen-bond donors (Lipinski definition) is 4. The standard InChI is InChI=1S/C20H20N6O/c21-11-14-9-15(1-2-17(14)22)24-18-3-6-23-20-16(18)10-19(25-20)13-4-7-26(12-27)8-5-13/h1-4,6,9-12,21H,5,7-8,22H2,(H2,23,24,25). The highest BCUT2D eigenvalue weighted by Crippen LogP contribution is 2.30. The van der Waals surface area contributed by atoms with Crippen molar-refractivity contribution in [3.8, 4) is 0 Å². The molecular formula is C20H20N6O. The third-order valence-corrected chi connectivity index (χ3v) is 4.79. The summed E-state index contributed by atoms with van der Waals surface area (Å²) in [6.07, 6.45) is 6.77. The van der Waals surface area contributed by atoms with Gasteiger partial charge in [-0.25, -0.2) is 4.98 Å². The Morgan fingerprint density at radius 2 is 2.19 bits per heavy atom. The van der Waals surface area contributed by atoms with Crippen LogP contribution >= 0.6 is 0 Å². The van der Waals surface area contributed by atoms with Crippen molar-refractivity contribution in [2.45, 2.75) is 6.42 Å². The number of fused-ring (bicyclic) bond motifs is 1. The molecule has 1 aliphatic rings. The molecule has 27 heavy (non-hydrogen) atoms. The van der Waals surface area contributed by atoms with E-state index >= 15 is 0 Å². The third kappa shape index (κ3) is 3.27. The van der Waals surface area contributed by atoms with Gasteiger partial charge in [-0.1, -0.05) is 6.08 Å². The number of hydrogen-bond acceptors (Lipinski definition) is 5. The quantitative estimate of drug-likeness (QED) is 0.318. The summed E-state index contributed by atoms with van der Waals surface area (Å²) in [7, 11) is 0. The van der Waals surface area contributed by atoms with Crippen molar-refractivity contribution < 1.29 is 4.79 Å². The summed E-state index contributed by atoms with van der Waals surface area (Å²) in [5, 5.41) is 11.8. The zero-order valence-corrected chi connectivity index (χ0v) is 14.7. The second kappa shape index (κ2) is 6.95. The van der Waals surface area contributed by atoms with Crippen molar-refractivity contribution in [1.29, 1.82) is 5.41 Å². The van der Waals surface area contributed by atoms with Crippen molar-refractivity contribution >= 4 is 46.3 Å². The molecule has 0 fully saturated rings. The SMILES string of the molecule is N=Cc1cc(Nc2ccnc3[nH]c(C4=CCN(C=O)CC4)cc23)ccc1N. The van der Waals surface area contributed by atoms with E-state index in [1.807, 2.05) is 18.2 Å². The largest absolute Gasteiger partial charge is 0.398 e. The van der Waals surface area contributed by atoms with Gasteiger partial charge in [-0.05, 0) is 42.3 Å². The van der Waals surface area contributed by atoms with Crippen molar-refractivity contribution in [2.75, 3.05) is 24.1 Å². The summed E-state index contributed by atoms with van der Waals surface area (Å²) in [6, 6.07) is 9.53. The minimum atomic E-state index is 0.577. The topological polar surface area (TPSA) is 111 Å². The smallest absolute Gasteiger partial charge is 0.209 e. The first-order valence-electron chi connectivity index (χ1n) is 8.71. The first kappa shape index (κ1) is 16.8. The van der Waals surface area contributed by atoms with Crippen LogP contribution in [0.2, 0.25) is 0 Å². The van der Waals surface area contributed by atoms with Crippen molar-refractivity contribution in [3.05, 3.63) is 53.9 Å². The fraction of sp³-hybridized carbons (Fsp3) is 0.150. The van der Waals surface area contributed by atoms with Gasteiger partial charge in [0.15, 0.2) is 0 Å². The number of aromatic nitrogens is 2. The predicted octanol–water partition coefficient (Wildman–Crippen LogP) is 3.13. The molecule has 4 rings (SSSR count). The van der Waals surface area contributed by atoms with Gasteiger partial charge in [-0.2, -0.15) is 0 Å². The molecule has 0 aliphatic carbocycles. The van der Waals surface area contributed by atoms with Gasteiger partial charge in [0.05, 0.1) is 5.69 Å². The van der Waals surface area contributed by atoms with Crippen molar-refractivity contribution in [2.24, 2.45) is 0 Å². The summed E-state index contributed by atoms with van der Waals surface area (Å²) in [4.78, 5) is 20.4. The predicted molar refractivity (Wildman–Crippen MR) is 108 cm³/mol. The first-order chi connectivity index (χ1) is 13.2. The lowest BCUT2D eigenvalue weighted by atomic mass is 10.1. The maximum Gasteiger partial charge on any atom is 0.209 e. The summed E-state index contributed by atoms with van der Waals surface area (Å²) >= 11 is 0. The van der Waals surface area contributed by atoms with Crippen molar-refractivity contribution in [1.82, 2.24) is 14.9 Å². The number of nitrogen functional groups attached to an aromatic ring is 1. The van der Waals surface area contributed by atoms with E-state index in [0.29, 0.717) is 17.8 Å². The van der Waals surface area contributed by atoms with E-state index in [1.54, 1.807) is 17.2 Å². The monoisotopic (exact) mass is 360 g/mol. The van der Waals surface area contributed by atoms with Crippen LogP contribution in [0.1, 0.15) is 17.7 Å². The number of aromatic amines is 1. The van der Waals surface area contributed by atoms with E-state index in [1.165, 1.54) is 11.8 Å². The number of H-pyrrole nitrogens is 1. The molecule has 5 N–H and O–H groups in total. The molecule has 0 atom stereocenters. The molecule has 0 spiro atoms. The van der Waals surface area contributed by atoms with Crippen LogP contribution < -0.4 is 11.1 Å². The number of nitrogens with zero attached hydrogens (tertiary/aromatic N) is 2.